The molecule has 176 valence electrons. The molecule has 3 atom stereocenters. The summed E-state index contributed by atoms with van der Waals surface area (Å²) in [7, 11) is 2.21. The second kappa shape index (κ2) is 15.3. The molecule has 15 heteroatoms. The van der Waals surface area contributed by atoms with E-state index in [0.29, 0.717) is 0 Å². The highest BCUT2D eigenvalue weighted by molar-refractivity contribution is 8.76. The maximum atomic E-state index is 11.8. The zero-order valence-electron chi connectivity index (χ0n) is 16.6. The molecule has 0 heterocycles. The summed E-state index contributed by atoms with van der Waals surface area (Å²) in [4.78, 5) is 67.7. The normalized spacial score (nSPS) is 13.5. The number of primary amides is 2. The molecule has 0 aromatic heterocycles. The Morgan fingerprint density at radius 3 is 1.61 bits per heavy atom. The Morgan fingerprint density at radius 1 is 0.774 bits per heavy atom. The van der Waals surface area contributed by atoms with E-state index < -0.39 is 53.7 Å². The van der Waals surface area contributed by atoms with Crippen molar-refractivity contribution in [3.8, 4) is 0 Å². The minimum atomic E-state index is -1.25. The minimum absolute atomic E-state index is 0.0504. The van der Waals surface area contributed by atoms with Gasteiger partial charge in [-0.3, -0.25) is 28.8 Å². The Morgan fingerprint density at radius 2 is 1.23 bits per heavy atom. The first kappa shape index (κ1) is 28.5. The number of carboxylic acid groups (broad SMARTS) is 2. The van der Waals surface area contributed by atoms with Crippen molar-refractivity contribution in [3.05, 3.63) is 0 Å². The molecule has 0 saturated heterocycles. The van der Waals surface area contributed by atoms with Gasteiger partial charge in [0.1, 0.15) is 18.1 Å². The Labute approximate surface area is 186 Å². The number of carboxylic acids is 2. The van der Waals surface area contributed by atoms with E-state index in [9.17, 15) is 28.8 Å². The summed E-state index contributed by atoms with van der Waals surface area (Å²) in [6.07, 6.45) is -0.448. The molecule has 0 saturated carbocycles. The maximum absolute atomic E-state index is 11.8. The Kier molecular flexibility index (Phi) is 14.1. The van der Waals surface area contributed by atoms with Crippen molar-refractivity contribution in [1.82, 2.24) is 10.6 Å². The van der Waals surface area contributed by atoms with Gasteiger partial charge >= 0.3 is 11.9 Å². The second-order valence-corrected chi connectivity index (χ2v) is 8.90. The number of rotatable bonds is 17. The molecule has 0 aliphatic heterocycles. The van der Waals surface area contributed by atoms with Crippen molar-refractivity contribution >= 4 is 57.2 Å². The van der Waals surface area contributed by atoms with E-state index in [0.717, 1.165) is 21.6 Å². The number of hydrogen-bond acceptors (Lipinski definition) is 9. The first-order valence-corrected chi connectivity index (χ1v) is 11.5. The number of carbonyl (C=O) groups is 6. The molecular formula is C16H27N5O8S2. The van der Waals surface area contributed by atoms with Crippen molar-refractivity contribution in [1.29, 1.82) is 0 Å². The minimum Gasteiger partial charge on any atom is -0.481 e. The lowest BCUT2D eigenvalue weighted by molar-refractivity contribution is -0.139. The number of aliphatic carboxylic acids is 2. The van der Waals surface area contributed by atoms with E-state index >= 15 is 0 Å². The molecule has 31 heavy (non-hydrogen) atoms. The zero-order chi connectivity index (χ0) is 24.0. The predicted molar refractivity (Wildman–Crippen MR) is 113 cm³/mol. The van der Waals surface area contributed by atoms with Crippen LogP contribution in [0.5, 0.6) is 0 Å². The molecule has 10 N–H and O–H groups in total. The number of hydrogen-bond donors (Lipinski definition) is 7. The van der Waals surface area contributed by atoms with Crippen molar-refractivity contribution < 1.29 is 39.0 Å². The van der Waals surface area contributed by atoms with Gasteiger partial charge in [-0.1, -0.05) is 21.6 Å². The Hall–Kier alpha value is -2.52. The average Bonchev–Trinajstić information content (AvgIpc) is 2.66. The highest BCUT2D eigenvalue weighted by atomic mass is 33.1. The fourth-order valence-corrected chi connectivity index (χ4v) is 4.32. The van der Waals surface area contributed by atoms with E-state index in [1.807, 2.05) is 0 Å². The smallest absolute Gasteiger partial charge is 0.320 e. The van der Waals surface area contributed by atoms with E-state index in [-0.39, 0.29) is 43.6 Å². The van der Waals surface area contributed by atoms with E-state index in [2.05, 4.69) is 10.6 Å². The Balaban J connectivity index is 4.41. The largest absolute Gasteiger partial charge is 0.481 e. The van der Waals surface area contributed by atoms with Crippen LogP contribution in [0.25, 0.3) is 0 Å². The van der Waals surface area contributed by atoms with Crippen LogP contribution in [0.3, 0.4) is 0 Å². The van der Waals surface area contributed by atoms with Crippen LogP contribution in [0.2, 0.25) is 0 Å². The van der Waals surface area contributed by atoms with Crippen LogP contribution in [-0.4, -0.2) is 75.4 Å². The molecule has 13 nitrogen and oxygen atoms in total. The molecule has 0 bridgehead atoms. The highest BCUT2D eigenvalue weighted by Crippen LogP contribution is 2.23. The van der Waals surface area contributed by atoms with Gasteiger partial charge in [0.05, 0.1) is 0 Å². The van der Waals surface area contributed by atoms with Gasteiger partial charge in [0, 0.05) is 30.8 Å². The van der Waals surface area contributed by atoms with Gasteiger partial charge in [-0.25, -0.2) is 0 Å². The Bertz CT molecular complexity index is 678. The summed E-state index contributed by atoms with van der Waals surface area (Å²) >= 11 is 0. The van der Waals surface area contributed by atoms with Crippen LogP contribution in [0, 0.1) is 0 Å². The SMILES string of the molecule is NC(=O)[C@H](CSSC[C@H](NC(=O)CC[C@H](N)C(=O)O)C(N)=O)NC(=O)CCCC(=O)O. The lowest BCUT2D eigenvalue weighted by Crippen LogP contribution is -2.47. The fourth-order valence-electron chi connectivity index (χ4n) is 1.97. The third-order valence-electron chi connectivity index (χ3n) is 3.70. The van der Waals surface area contributed by atoms with Crippen molar-refractivity contribution in [2.45, 2.75) is 50.2 Å². The predicted octanol–water partition coefficient (Wildman–Crippen LogP) is -2.24. The van der Waals surface area contributed by atoms with Crippen molar-refractivity contribution in [2.24, 2.45) is 17.2 Å². The van der Waals surface area contributed by atoms with Crippen LogP contribution < -0.4 is 27.8 Å². The van der Waals surface area contributed by atoms with Gasteiger partial charge in [0.15, 0.2) is 0 Å². The molecule has 0 aromatic rings. The highest BCUT2D eigenvalue weighted by Gasteiger charge is 2.22. The van der Waals surface area contributed by atoms with Gasteiger partial charge in [-0.05, 0) is 12.8 Å². The second-order valence-electron chi connectivity index (χ2n) is 6.34. The van der Waals surface area contributed by atoms with E-state index in [1.54, 1.807) is 0 Å². The van der Waals surface area contributed by atoms with Gasteiger partial charge in [-0.15, -0.1) is 0 Å². The zero-order valence-corrected chi connectivity index (χ0v) is 18.2. The molecule has 0 rings (SSSR count). The molecule has 0 aliphatic rings. The summed E-state index contributed by atoms with van der Waals surface area (Å²) in [5.41, 5.74) is 15.8. The van der Waals surface area contributed by atoms with Crippen LogP contribution in [0.4, 0.5) is 0 Å². The summed E-state index contributed by atoms with van der Waals surface area (Å²) in [5, 5.41) is 22.0. The number of carbonyl (C=O) groups excluding carboxylic acids is 4. The van der Waals surface area contributed by atoms with Crippen molar-refractivity contribution in [2.75, 3.05) is 11.5 Å². The number of nitrogens with one attached hydrogen (secondary N) is 2. The molecule has 0 aliphatic carbocycles. The average molecular weight is 482 g/mol. The van der Waals surface area contributed by atoms with Crippen LogP contribution >= 0.6 is 21.6 Å². The fraction of sp³-hybridized carbons (Fsp3) is 0.625. The quantitative estimate of drug-likeness (QED) is 0.0863. The molecule has 0 spiro atoms. The molecule has 0 unspecified atom stereocenters. The molecule has 0 fully saturated rings. The van der Waals surface area contributed by atoms with Gasteiger partial charge < -0.3 is 38.0 Å². The standard InChI is InChI=1S/C16H27N5O8S2/c17-8(16(28)29)4-5-12(23)21-10(15(19)27)7-31-30-6-9(14(18)26)20-11(22)2-1-3-13(24)25/h8-10H,1-7,17H2,(H2,18,26)(H2,19,27)(H,20,22)(H,21,23)(H,24,25)(H,28,29)/t8-,9-,10-/m0/s1. The summed E-state index contributed by atoms with van der Waals surface area (Å²) in [5.74, 6) is -4.85. The first-order valence-electron chi connectivity index (χ1n) is 9.06. The first-order chi connectivity index (χ1) is 14.4. The lowest BCUT2D eigenvalue weighted by Gasteiger charge is -2.17. The summed E-state index contributed by atoms with van der Waals surface area (Å²) in [6, 6.07) is -3.24. The number of amides is 4. The van der Waals surface area contributed by atoms with Crippen LogP contribution in [-0.2, 0) is 28.8 Å². The molecule has 0 radical (unpaired) electrons. The maximum Gasteiger partial charge on any atom is 0.320 e. The monoisotopic (exact) mass is 481 g/mol. The summed E-state index contributed by atoms with van der Waals surface area (Å²) < 4.78 is 0. The molecular weight excluding hydrogens is 454 g/mol. The van der Waals surface area contributed by atoms with Gasteiger partial charge in [0.2, 0.25) is 23.6 Å². The molecule has 0 aromatic carbocycles. The van der Waals surface area contributed by atoms with Crippen molar-refractivity contribution in [3.63, 3.8) is 0 Å². The van der Waals surface area contributed by atoms with Gasteiger partial charge in [0.25, 0.3) is 0 Å². The van der Waals surface area contributed by atoms with E-state index in [4.69, 9.17) is 27.4 Å². The molecule has 4 amide bonds. The van der Waals surface area contributed by atoms with Gasteiger partial charge in [-0.2, -0.15) is 0 Å². The van der Waals surface area contributed by atoms with Crippen LogP contribution in [0.1, 0.15) is 32.1 Å². The number of nitrogens with two attached hydrogens (primary N) is 3. The van der Waals surface area contributed by atoms with E-state index in [1.165, 1.54) is 0 Å². The third-order valence-corrected chi connectivity index (χ3v) is 6.13. The third kappa shape index (κ3) is 14.2. The topological polar surface area (TPSA) is 245 Å². The summed E-state index contributed by atoms with van der Waals surface area (Å²) in [6.45, 7) is 0. The van der Waals surface area contributed by atoms with Crippen LogP contribution in [0.15, 0.2) is 0 Å². The lowest BCUT2D eigenvalue weighted by atomic mass is 10.1.